The zero-order chi connectivity index (χ0) is 48.1. The molecular formula is C52H68N4O11S. The van der Waals surface area contributed by atoms with Gasteiger partial charge in [0, 0.05) is 60.3 Å². The van der Waals surface area contributed by atoms with Crippen LogP contribution in [-0.4, -0.2) is 148 Å². The number of carbonyl (C=O) groups is 3. The second-order valence-corrected chi connectivity index (χ2v) is 16.6. The average molecular weight is 957 g/mol. The maximum atomic E-state index is 13.9. The number of hydrogen-bond acceptors (Lipinski definition) is 14. The Bertz CT molecular complexity index is 2160. The van der Waals surface area contributed by atoms with E-state index in [0.29, 0.717) is 139 Å². The van der Waals surface area contributed by atoms with Crippen LogP contribution in [0.3, 0.4) is 0 Å². The van der Waals surface area contributed by atoms with Gasteiger partial charge in [0.15, 0.2) is 6.29 Å². The number of rotatable bonds is 35. The van der Waals surface area contributed by atoms with Gasteiger partial charge in [0.05, 0.1) is 110 Å². The molecule has 0 aliphatic heterocycles. The normalized spacial score (nSPS) is 14.1. The van der Waals surface area contributed by atoms with E-state index in [1.165, 1.54) is 0 Å². The molecule has 15 nitrogen and oxygen atoms in total. The Morgan fingerprint density at radius 1 is 0.691 bits per heavy atom. The van der Waals surface area contributed by atoms with Crippen LogP contribution in [0.1, 0.15) is 51.3 Å². The van der Waals surface area contributed by atoms with Crippen molar-refractivity contribution in [1.29, 1.82) is 0 Å². The Hall–Kier alpha value is -5.01. The number of aromatic nitrogens is 1. The predicted molar refractivity (Wildman–Crippen MR) is 266 cm³/mol. The van der Waals surface area contributed by atoms with Crippen molar-refractivity contribution >= 4 is 41.2 Å². The van der Waals surface area contributed by atoms with Gasteiger partial charge in [0.1, 0.15) is 5.54 Å². The van der Waals surface area contributed by atoms with Gasteiger partial charge in [-0.2, -0.15) is 11.8 Å². The molecule has 2 amide bonds. The van der Waals surface area contributed by atoms with Gasteiger partial charge in [0.25, 0.3) is 11.8 Å². The highest BCUT2D eigenvalue weighted by Crippen LogP contribution is 2.33. The summed E-state index contributed by atoms with van der Waals surface area (Å²) >= 11 is 1.72. The minimum absolute atomic E-state index is 0.267. The lowest BCUT2D eigenvalue weighted by Gasteiger charge is -2.31. The van der Waals surface area contributed by atoms with Gasteiger partial charge in [-0.15, -0.1) is 0 Å². The van der Waals surface area contributed by atoms with Crippen molar-refractivity contribution in [2.45, 2.75) is 31.6 Å². The summed E-state index contributed by atoms with van der Waals surface area (Å²) < 4.78 is 43.6. The third-order valence-electron chi connectivity index (χ3n) is 10.9. The summed E-state index contributed by atoms with van der Waals surface area (Å²) in [4.78, 5) is 47.1. The van der Waals surface area contributed by atoms with E-state index in [9.17, 15) is 14.4 Å². The number of thioether (sulfide) groups is 1. The number of methoxy groups -OCH3 is 1. The molecule has 0 saturated carbocycles. The topological polar surface area (TPSA) is 165 Å². The number of fused-ring (bicyclic) bond motifs is 1. The van der Waals surface area contributed by atoms with Gasteiger partial charge >= 0.3 is 0 Å². The molecule has 1 aliphatic rings. The summed E-state index contributed by atoms with van der Waals surface area (Å²) in [7, 11) is 1.64. The van der Waals surface area contributed by atoms with Crippen molar-refractivity contribution in [3.63, 3.8) is 0 Å². The number of aldehydes is 1. The van der Waals surface area contributed by atoms with Gasteiger partial charge < -0.3 is 53.4 Å². The van der Waals surface area contributed by atoms with Crippen molar-refractivity contribution in [2.75, 3.05) is 135 Å². The first-order valence-electron chi connectivity index (χ1n) is 23.3. The van der Waals surface area contributed by atoms with Crippen molar-refractivity contribution in [3.05, 3.63) is 125 Å². The molecule has 0 bridgehead atoms. The summed E-state index contributed by atoms with van der Waals surface area (Å²) in [6.45, 7) is 13.5. The lowest BCUT2D eigenvalue weighted by atomic mass is 9.82. The van der Waals surface area contributed by atoms with Gasteiger partial charge in [-0.25, -0.2) is 0 Å². The standard InChI is InChI=1S/C52H68N4O11S/c1-4-56(5-2)45-15-16-48(46(38-45)49-37-44(17-19-53-49)51(59)55-52(40-57)18-9-13-42-11-6-7-14-47(42)52)54-50(58)43-12-8-10-41(36-43)39-68-35-34-67-33-32-66-31-30-65-29-28-64-27-26-63-25-24-62-23-22-61-21-20-60-3/h6-12,14-19,36-38,40H,4-5,13,20-35,39H2,1-3H3,(H,54,58)(H,55,59)/t52-/m1/s1. The third kappa shape index (κ3) is 17.8. The second kappa shape index (κ2) is 31.2. The fourth-order valence-electron chi connectivity index (χ4n) is 7.29. The van der Waals surface area contributed by atoms with Crippen LogP contribution in [0.25, 0.3) is 11.3 Å². The molecule has 0 radical (unpaired) electrons. The van der Waals surface area contributed by atoms with E-state index in [1.807, 2.05) is 66.7 Å². The summed E-state index contributed by atoms with van der Waals surface area (Å²) in [5, 5.41) is 6.09. The van der Waals surface area contributed by atoms with Crippen LogP contribution in [0, 0.1) is 0 Å². The Morgan fingerprint density at radius 3 is 1.91 bits per heavy atom. The van der Waals surface area contributed by atoms with Crippen molar-refractivity contribution in [1.82, 2.24) is 10.3 Å². The molecule has 368 valence electrons. The maximum absolute atomic E-state index is 13.9. The zero-order valence-electron chi connectivity index (χ0n) is 39.8. The molecule has 0 spiro atoms. The van der Waals surface area contributed by atoms with Crippen molar-refractivity contribution < 1.29 is 52.3 Å². The van der Waals surface area contributed by atoms with E-state index < -0.39 is 11.4 Å². The van der Waals surface area contributed by atoms with Crippen molar-refractivity contribution in [3.8, 4) is 11.3 Å². The first-order valence-corrected chi connectivity index (χ1v) is 24.5. The molecule has 0 saturated heterocycles. The zero-order valence-corrected chi connectivity index (χ0v) is 40.6. The number of benzene rings is 3. The molecule has 1 aromatic heterocycles. The van der Waals surface area contributed by atoms with Crippen LogP contribution in [0.5, 0.6) is 0 Å². The average Bonchev–Trinajstić information content (AvgIpc) is 3.37. The molecule has 3 aromatic carbocycles. The van der Waals surface area contributed by atoms with E-state index in [2.05, 4.69) is 34.4 Å². The number of allylic oxidation sites excluding steroid dienone is 1. The summed E-state index contributed by atoms with van der Waals surface area (Å²) in [6, 6.07) is 24.3. The summed E-state index contributed by atoms with van der Waals surface area (Å²) in [5.41, 5.74) is 4.96. The van der Waals surface area contributed by atoms with E-state index in [4.69, 9.17) is 37.9 Å². The largest absolute Gasteiger partial charge is 0.382 e. The Kier molecular flexibility index (Phi) is 24.7. The molecule has 0 fully saturated rings. The minimum Gasteiger partial charge on any atom is -0.382 e. The van der Waals surface area contributed by atoms with Crippen LogP contribution in [0.2, 0.25) is 0 Å². The van der Waals surface area contributed by atoms with Gasteiger partial charge in [-0.05, 0) is 79.4 Å². The Balaban J connectivity index is 1.00. The van der Waals surface area contributed by atoms with Crippen LogP contribution in [0.15, 0.2) is 97.2 Å². The fourth-order valence-corrected chi connectivity index (χ4v) is 8.09. The number of pyridine rings is 1. The number of hydrogen-bond donors (Lipinski definition) is 2. The highest BCUT2D eigenvalue weighted by molar-refractivity contribution is 7.98. The molecule has 5 rings (SSSR count). The van der Waals surface area contributed by atoms with Gasteiger partial charge in [-0.1, -0.05) is 48.6 Å². The monoisotopic (exact) mass is 956 g/mol. The SMILES string of the molecule is CCN(CC)c1ccc(NC(=O)c2cccc(CSCCOCCOCCOCCOCCOCCOCCOCCOC)c2)c(-c2cc(C(=O)N[C@@]3(C=O)C=CCc4ccccc43)ccn2)c1. The summed E-state index contributed by atoms with van der Waals surface area (Å²) in [5.74, 6) is 0.811. The van der Waals surface area contributed by atoms with E-state index >= 15 is 0 Å². The number of anilines is 2. The Labute approximate surface area is 405 Å². The lowest BCUT2D eigenvalue weighted by Crippen LogP contribution is -2.47. The molecule has 68 heavy (non-hydrogen) atoms. The van der Waals surface area contributed by atoms with Crippen molar-refractivity contribution in [2.24, 2.45) is 0 Å². The quantitative estimate of drug-likeness (QED) is 0.0282. The smallest absolute Gasteiger partial charge is 0.255 e. The number of carbonyl (C=O) groups excluding carboxylic acids is 3. The lowest BCUT2D eigenvalue weighted by molar-refractivity contribution is -0.111. The predicted octanol–water partition coefficient (Wildman–Crippen LogP) is 6.78. The highest BCUT2D eigenvalue weighted by atomic mass is 32.2. The second-order valence-electron chi connectivity index (χ2n) is 15.5. The number of ether oxygens (including phenoxy) is 8. The van der Waals surface area contributed by atoms with Crippen LogP contribution >= 0.6 is 11.8 Å². The molecule has 0 unspecified atom stereocenters. The van der Waals surface area contributed by atoms with Gasteiger partial charge in [0.2, 0.25) is 0 Å². The van der Waals surface area contributed by atoms with Crippen LogP contribution in [0.4, 0.5) is 11.4 Å². The Morgan fingerprint density at radius 2 is 1.29 bits per heavy atom. The van der Waals surface area contributed by atoms with E-state index in [-0.39, 0.29) is 5.91 Å². The molecule has 1 heterocycles. The van der Waals surface area contributed by atoms with Gasteiger partial charge in [-0.3, -0.25) is 19.4 Å². The molecule has 1 aliphatic carbocycles. The van der Waals surface area contributed by atoms with E-state index in [0.717, 1.165) is 47.5 Å². The molecule has 1 atom stereocenters. The summed E-state index contributed by atoms with van der Waals surface area (Å²) in [6.07, 6.45) is 6.66. The van der Waals surface area contributed by atoms with Crippen LogP contribution in [-0.2, 0) is 60.4 Å². The number of amides is 2. The number of nitrogens with one attached hydrogen (secondary N) is 2. The molecular weight excluding hydrogens is 889 g/mol. The highest BCUT2D eigenvalue weighted by Gasteiger charge is 2.35. The number of nitrogens with zero attached hydrogens (tertiary/aromatic N) is 2. The first-order chi connectivity index (χ1) is 33.4. The minimum atomic E-state index is -1.29. The molecule has 16 heteroatoms. The van der Waals surface area contributed by atoms with Crippen LogP contribution < -0.4 is 15.5 Å². The molecule has 4 aromatic rings. The third-order valence-corrected chi connectivity index (χ3v) is 11.9. The van der Waals surface area contributed by atoms with E-state index in [1.54, 1.807) is 49.3 Å². The maximum Gasteiger partial charge on any atom is 0.255 e. The fraction of sp³-hybridized carbons (Fsp3) is 0.462. The first kappa shape index (κ1) is 53.9. The molecule has 2 N–H and O–H groups in total.